The maximum atomic E-state index is 13.4. The molecule has 0 unspecified atom stereocenters. The van der Waals surface area contributed by atoms with Gasteiger partial charge in [0.1, 0.15) is 0 Å². The number of carboxylic acid groups (broad SMARTS) is 1. The molecule has 1 heterocycles. The Morgan fingerprint density at radius 3 is 2.57 bits per heavy atom. The van der Waals surface area contributed by atoms with Crippen LogP contribution >= 0.6 is 0 Å². The molecule has 5 heteroatoms. The molecule has 0 radical (unpaired) electrons. The third kappa shape index (κ3) is 0.953. The lowest BCUT2D eigenvalue weighted by Crippen LogP contribution is -2.06. The van der Waals surface area contributed by atoms with E-state index in [1.807, 2.05) is 0 Å². The van der Waals surface area contributed by atoms with Crippen LogP contribution in [0.1, 0.15) is 10.5 Å². The Labute approximate surface area is 77.8 Å². The van der Waals surface area contributed by atoms with E-state index in [1.165, 1.54) is 12.1 Å². The molecule has 0 fully saturated rings. The van der Waals surface area contributed by atoms with Crippen molar-refractivity contribution in [3.05, 3.63) is 35.8 Å². The van der Waals surface area contributed by atoms with Crippen LogP contribution in [0, 0.1) is 5.82 Å². The van der Waals surface area contributed by atoms with Crippen LogP contribution in [0.5, 0.6) is 0 Å². The highest BCUT2D eigenvalue weighted by molar-refractivity contribution is 5.94. The Morgan fingerprint density at radius 2 is 2.00 bits per heavy atom. The second-order valence-electron chi connectivity index (χ2n) is 2.80. The number of fused-ring (bicyclic) bond motifs is 1. The van der Waals surface area contributed by atoms with E-state index in [2.05, 4.69) is 0 Å². The van der Waals surface area contributed by atoms with Gasteiger partial charge in [0.05, 0.1) is 5.52 Å². The molecule has 0 amide bonds. The average molecular weight is 195 g/mol. The monoisotopic (exact) mass is 195 g/mol. The van der Waals surface area contributed by atoms with E-state index < -0.39 is 17.5 Å². The quantitative estimate of drug-likeness (QED) is 0.681. The minimum atomic E-state index is -1.50. The van der Waals surface area contributed by atoms with Gasteiger partial charge in [0.25, 0.3) is 0 Å². The molecule has 0 saturated heterocycles. The summed E-state index contributed by atoms with van der Waals surface area (Å²) in [7, 11) is 0. The zero-order chi connectivity index (χ0) is 10.3. The molecule has 0 saturated carbocycles. The number of aromatic nitrogens is 1. The first kappa shape index (κ1) is 8.55. The third-order valence-electron chi connectivity index (χ3n) is 1.99. The lowest BCUT2D eigenvalue weighted by molar-refractivity contribution is 0.0642. The molecule has 0 aliphatic rings. The number of aromatic carboxylic acids is 1. The topological polar surface area (TPSA) is 62.5 Å². The predicted octanol–water partition coefficient (Wildman–Crippen LogP) is 1.72. The molecule has 0 aliphatic heterocycles. The first-order valence-corrected chi connectivity index (χ1v) is 3.84. The van der Waals surface area contributed by atoms with E-state index in [1.54, 1.807) is 12.1 Å². The number of halogens is 1. The van der Waals surface area contributed by atoms with Crippen molar-refractivity contribution in [1.82, 2.24) is 4.73 Å². The Hall–Kier alpha value is -2.04. The number of nitrogens with zero attached hydrogens (tertiary/aromatic N) is 1. The minimum Gasteiger partial charge on any atom is -0.476 e. The number of para-hydroxylation sites is 1. The van der Waals surface area contributed by atoms with Gasteiger partial charge in [-0.1, -0.05) is 12.1 Å². The van der Waals surface area contributed by atoms with Gasteiger partial charge in [-0.2, -0.15) is 4.73 Å². The Balaban J connectivity index is 2.92. The maximum Gasteiger partial charge on any atom is 0.359 e. The van der Waals surface area contributed by atoms with Gasteiger partial charge in [-0.05, 0) is 12.1 Å². The van der Waals surface area contributed by atoms with E-state index in [0.29, 0.717) is 4.73 Å². The van der Waals surface area contributed by atoms with Gasteiger partial charge in [-0.25, -0.2) is 9.18 Å². The summed E-state index contributed by atoms with van der Waals surface area (Å²) < 4.78 is 13.7. The highest BCUT2D eigenvalue weighted by Gasteiger charge is 2.21. The van der Waals surface area contributed by atoms with E-state index >= 15 is 0 Å². The van der Waals surface area contributed by atoms with Crippen molar-refractivity contribution in [2.75, 3.05) is 0 Å². The molecule has 2 rings (SSSR count). The fourth-order valence-electron chi connectivity index (χ4n) is 1.37. The summed E-state index contributed by atoms with van der Waals surface area (Å²) in [5.41, 5.74) is -0.603. The first-order valence-electron chi connectivity index (χ1n) is 3.84. The van der Waals surface area contributed by atoms with Crippen molar-refractivity contribution in [3.8, 4) is 0 Å². The molecule has 0 aliphatic carbocycles. The molecule has 14 heavy (non-hydrogen) atoms. The zero-order valence-electron chi connectivity index (χ0n) is 6.94. The Bertz CT molecular complexity index is 479. The summed E-state index contributed by atoms with van der Waals surface area (Å²) in [5, 5.41) is 18.1. The van der Waals surface area contributed by atoms with Crippen LogP contribution in [0.4, 0.5) is 4.39 Å². The van der Waals surface area contributed by atoms with E-state index in [4.69, 9.17) is 5.11 Å². The van der Waals surface area contributed by atoms with Gasteiger partial charge in [-0.3, -0.25) is 0 Å². The third-order valence-corrected chi connectivity index (χ3v) is 1.99. The summed E-state index contributed by atoms with van der Waals surface area (Å²) in [6, 6.07) is 5.99. The van der Waals surface area contributed by atoms with Crippen LogP contribution in [-0.2, 0) is 0 Å². The van der Waals surface area contributed by atoms with Gasteiger partial charge in [0.2, 0.25) is 5.69 Å². The molecular weight excluding hydrogens is 189 g/mol. The van der Waals surface area contributed by atoms with Crippen molar-refractivity contribution >= 4 is 16.9 Å². The molecule has 2 N–H and O–H groups in total. The Morgan fingerprint density at radius 1 is 1.36 bits per heavy atom. The van der Waals surface area contributed by atoms with Crippen molar-refractivity contribution in [2.24, 2.45) is 0 Å². The first-order chi connectivity index (χ1) is 6.63. The molecule has 2 aromatic rings. The molecule has 1 aromatic carbocycles. The normalized spacial score (nSPS) is 10.6. The molecule has 4 nitrogen and oxygen atoms in total. The van der Waals surface area contributed by atoms with E-state index in [9.17, 15) is 14.4 Å². The van der Waals surface area contributed by atoms with E-state index in [0.717, 1.165) is 0 Å². The van der Waals surface area contributed by atoms with Crippen LogP contribution < -0.4 is 0 Å². The highest BCUT2D eigenvalue weighted by Crippen LogP contribution is 2.22. The molecule has 0 bridgehead atoms. The molecule has 1 aromatic heterocycles. The van der Waals surface area contributed by atoms with Gasteiger partial charge >= 0.3 is 5.97 Å². The van der Waals surface area contributed by atoms with Gasteiger partial charge < -0.3 is 10.3 Å². The number of hydrogen-bond donors (Lipinski definition) is 2. The highest BCUT2D eigenvalue weighted by atomic mass is 19.1. The van der Waals surface area contributed by atoms with Crippen LogP contribution in [0.15, 0.2) is 24.3 Å². The Kier molecular flexibility index (Phi) is 1.67. The van der Waals surface area contributed by atoms with Crippen LogP contribution in [0.3, 0.4) is 0 Å². The SMILES string of the molecule is O=C(O)c1c(F)c2ccccc2n1O. The lowest BCUT2D eigenvalue weighted by Gasteiger charge is -1.95. The standard InChI is InChI=1S/C9H6FNO3/c10-7-5-3-1-2-4-6(5)11(14)8(7)9(12)13/h1-4,14H,(H,12,13). The lowest BCUT2D eigenvalue weighted by atomic mass is 10.2. The number of carbonyl (C=O) groups is 1. The number of carboxylic acids is 1. The molecule has 0 spiro atoms. The second kappa shape index (κ2) is 2.73. The maximum absolute atomic E-state index is 13.4. The second-order valence-corrected chi connectivity index (χ2v) is 2.80. The summed E-state index contributed by atoms with van der Waals surface area (Å²) in [6.45, 7) is 0. The number of rotatable bonds is 1. The number of hydrogen-bond acceptors (Lipinski definition) is 2. The van der Waals surface area contributed by atoms with Crippen LogP contribution in [-0.4, -0.2) is 21.0 Å². The summed E-state index contributed by atoms with van der Waals surface area (Å²) in [5.74, 6) is -2.42. The predicted molar refractivity (Wildman–Crippen MR) is 46.0 cm³/mol. The summed E-state index contributed by atoms with van der Waals surface area (Å²) in [4.78, 5) is 10.6. The van der Waals surface area contributed by atoms with Crippen molar-refractivity contribution in [2.45, 2.75) is 0 Å². The van der Waals surface area contributed by atoms with Crippen molar-refractivity contribution < 1.29 is 19.5 Å². The fraction of sp³-hybridized carbons (Fsp3) is 0. The minimum absolute atomic E-state index is 0.0902. The smallest absolute Gasteiger partial charge is 0.359 e. The summed E-state index contributed by atoms with van der Waals surface area (Å²) in [6.07, 6.45) is 0. The molecule has 0 atom stereocenters. The van der Waals surface area contributed by atoms with Crippen molar-refractivity contribution in [1.29, 1.82) is 0 Å². The van der Waals surface area contributed by atoms with Crippen molar-refractivity contribution in [3.63, 3.8) is 0 Å². The molecular formula is C9H6FNO3. The molecule has 72 valence electrons. The van der Waals surface area contributed by atoms with E-state index in [-0.39, 0.29) is 10.9 Å². The van der Waals surface area contributed by atoms with Gasteiger partial charge in [0, 0.05) is 5.39 Å². The summed E-state index contributed by atoms with van der Waals surface area (Å²) >= 11 is 0. The number of benzene rings is 1. The van der Waals surface area contributed by atoms with Gasteiger partial charge in [0.15, 0.2) is 5.82 Å². The zero-order valence-corrected chi connectivity index (χ0v) is 6.94. The average Bonchev–Trinajstić information content (AvgIpc) is 2.41. The van der Waals surface area contributed by atoms with Crippen LogP contribution in [0.25, 0.3) is 10.9 Å². The van der Waals surface area contributed by atoms with Gasteiger partial charge in [-0.15, -0.1) is 0 Å². The van der Waals surface area contributed by atoms with Crippen LogP contribution in [0.2, 0.25) is 0 Å². The largest absolute Gasteiger partial charge is 0.476 e. The fourth-order valence-corrected chi connectivity index (χ4v) is 1.37.